The van der Waals surface area contributed by atoms with Gasteiger partial charge in [-0.3, -0.25) is 10.1 Å². The molecule has 17 heavy (non-hydrogen) atoms. The van der Waals surface area contributed by atoms with Crippen LogP contribution in [0.3, 0.4) is 0 Å². The molecule has 0 aliphatic rings. The molecule has 0 aliphatic carbocycles. The first kappa shape index (κ1) is 14.0. The number of rotatable bonds is 7. The number of thioether (sulfide) groups is 1. The molecule has 1 rings (SSSR count). The smallest absolute Gasteiger partial charge is 0.282 e. The summed E-state index contributed by atoms with van der Waals surface area (Å²) in [6.45, 7) is 5.20. The third-order valence-electron chi connectivity index (χ3n) is 2.29. The van der Waals surface area contributed by atoms with Gasteiger partial charge in [-0.1, -0.05) is 19.1 Å². The predicted octanol–water partition coefficient (Wildman–Crippen LogP) is 3.08. The van der Waals surface area contributed by atoms with Crippen molar-refractivity contribution in [1.82, 2.24) is 5.32 Å². The Labute approximate surface area is 106 Å². The first-order chi connectivity index (χ1) is 8.15. The summed E-state index contributed by atoms with van der Waals surface area (Å²) in [6, 6.07) is 7.24. The van der Waals surface area contributed by atoms with E-state index in [0.29, 0.717) is 6.04 Å². The molecule has 0 saturated heterocycles. The second-order valence-corrected chi connectivity index (χ2v) is 4.95. The number of nitro benzene ring substituents is 1. The van der Waals surface area contributed by atoms with E-state index < -0.39 is 0 Å². The Morgan fingerprint density at radius 2 is 2.18 bits per heavy atom. The monoisotopic (exact) mass is 254 g/mol. The lowest BCUT2D eigenvalue weighted by Gasteiger charge is -2.12. The van der Waals surface area contributed by atoms with Gasteiger partial charge in [-0.25, -0.2) is 0 Å². The van der Waals surface area contributed by atoms with Crippen molar-refractivity contribution >= 4 is 17.4 Å². The molecular weight excluding hydrogens is 236 g/mol. The summed E-state index contributed by atoms with van der Waals surface area (Å²) in [6.07, 6.45) is 1.10. The molecule has 1 atom stereocenters. The van der Waals surface area contributed by atoms with Gasteiger partial charge < -0.3 is 5.32 Å². The molecule has 0 saturated carbocycles. The highest BCUT2D eigenvalue weighted by molar-refractivity contribution is 7.99. The first-order valence-electron chi connectivity index (χ1n) is 5.74. The van der Waals surface area contributed by atoms with Gasteiger partial charge in [-0.05, 0) is 26.0 Å². The van der Waals surface area contributed by atoms with Crippen LogP contribution in [-0.2, 0) is 0 Å². The van der Waals surface area contributed by atoms with Crippen molar-refractivity contribution in [2.24, 2.45) is 0 Å². The molecule has 0 aliphatic heterocycles. The third kappa shape index (κ3) is 4.75. The molecule has 0 amide bonds. The van der Waals surface area contributed by atoms with E-state index in [1.807, 2.05) is 6.07 Å². The van der Waals surface area contributed by atoms with Crippen LogP contribution in [0.4, 0.5) is 5.69 Å². The molecule has 0 heterocycles. The van der Waals surface area contributed by atoms with Crippen LogP contribution < -0.4 is 5.32 Å². The van der Waals surface area contributed by atoms with Crippen LogP contribution in [0.5, 0.6) is 0 Å². The summed E-state index contributed by atoms with van der Waals surface area (Å²) in [5.74, 6) is 0.838. The van der Waals surface area contributed by atoms with Crippen molar-refractivity contribution in [3.8, 4) is 0 Å². The second kappa shape index (κ2) is 7.29. The molecule has 1 aromatic carbocycles. The number of nitrogens with zero attached hydrogens (tertiary/aromatic N) is 1. The minimum absolute atomic E-state index is 0.195. The van der Waals surface area contributed by atoms with Gasteiger partial charge in [0.15, 0.2) is 0 Å². The van der Waals surface area contributed by atoms with Gasteiger partial charge in [0, 0.05) is 17.9 Å². The quantitative estimate of drug-likeness (QED) is 0.461. The van der Waals surface area contributed by atoms with Crippen LogP contribution in [0.15, 0.2) is 29.2 Å². The molecule has 1 N–H and O–H groups in total. The minimum atomic E-state index is -0.327. The lowest BCUT2D eigenvalue weighted by molar-refractivity contribution is -0.387. The second-order valence-electron chi connectivity index (χ2n) is 3.89. The van der Waals surface area contributed by atoms with Crippen molar-refractivity contribution in [3.05, 3.63) is 34.4 Å². The van der Waals surface area contributed by atoms with Crippen molar-refractivity contribution in [2.45, 2.75) is 31.2 Å². The molecular formula is C12H18N2O2S. The highest BCUT2D eigenvalue weighted by atomic mass is 32.2. The predicted molar refractivity (Wildman–Crippen MR) is 71.6 cm³/mol. The van der Waals surface area contributed by atoms with Gasteiger partial charge in [0.1, 0.15) is 0 Å². The van der Waals surface area contributed by atoms with Gasteiger partial charge in [0.25, 0.3) is 5.69 Å². The van der Waals surface area contributed by atoms with Crippen LogP contribution in [0.25, 0.3) is 0 Å². The summed E-state index contributed by atoms with van der Waals surface area (Å²) in [4.78, 5) is 11.2. The maximum atomic E-state index is 10.8. The van der Waals surface area contributed by atoms with Crippen molar-refractivity contribution < 1.29 is 4.92 Å². The molecule has 0 radical (unpaired) electrons. The average Bonchev–Trinajstić information content (AvgIpc) is 2.34. The Bertz CT molecular complexity index is 371. The summed E-state index contributed by atoms with van der Waals surface area (Å²) in [5, 5.41) is 14.2. The van der Waals surface area contributed by atoms with Crippen molar-refractivity contribution in [2.75, 3.05) is 12.3 Å². The van der Waals surface area contributed by atoms with Crippen molar-refractivity contribution in [1.29, 1.82) is 0 Å². The largest absolute Gasteiger partial charge is 0.313 e. The van der Waals surface area contributed by atoms with Crippen molar-refractivity contribution in [3.63, 3.8) is 0 Å². The number of nitrogens with one attached hydrogen (secondary N) is 1. The Morgan fingerprint density at radius 1 is 1.47 bits per heavy atom. The van der Waals surface area contributed by atoms with E-state index >= 15 is 0 Å². The standard InChI is InChI=1S/C12H18N2O2S/c1-3-8-13-10(2)9-17-12-7-5-4-6-11(12)14(15)16/h4-7,10,13H,3,8-9H2,1-2H3. The van der Waals surface area contributed by atoms with E-state index in [1.54, 1.807) is 18.2 Å². The summed E-state index contributed by atoms with van der Waals surface area (Å²) >= 11 is 1.53. The van der Waals surface area contributed by atoms with E-state index in [4.69, 9.17) is 0 Å². The van der Waals surface area contributed by atoms with Crippen LogP contribution >= 0.6 is 11.8 Å². The zero-order chi connectivity index (χ0) is 12.7. The molecule has 4 nitrogen and oxygen atoms in total. The maximum absolute atomic E-state index is 10.8. The highest BCUT2D eigenvalue weighted by Gasteiger charge is 2.13. The topological polar surface area (TPSA) is 55.2 Å². The van der Waals surface area contributed by atoms with Crippen LogP contribution in [-0.4, -0.2) is 23.3 Å². The number of benzene rings is 1. The van der Waals surface area contributed by atoms with E-state index in [0.717, 1.165) is 23.6 Å². The Hall–Kier alpha value is -1.07. The summed E-state index contributed by atoms with van der Waals surface area (Å²) in [5.41, 5.74) is 0.195. The van der Waals surface area contributed by atoms with Gasteiger partial charge in [-0.2, -0.15) is 0 Å². The Balaban J connectivity index is 2.54. The third-order valence-corrected chi connectivity index (χ3v) is 3.62. The van der Waals surface area contributed by atoms with Gasteiger partial charge >= 0.3 is 0 Å². The van der Waals surface area contributed by atoms with Gasteiger partial charge in [0.2, 0.25) is 0 Å². The molecule has 1 unspecified atom stereocenters. The van der Waals surface area contributed by atoms with E-state index in [9.17, 15) is 10.1 Å². The number of nitro groups is 1. The lowest BCUT2D eigenvalue weighted by atomic mass is 10.3. The van der Waals surface area contributed by atoms with Gasteiger partial charge in [-0.15, -0.1) is 11.8 Å². The van der Waals surface area contributed by atoms with Crippen LogP contribution in [0.2, 0.25) is 0 Å². The normalized spacial score (nSPS) is 12.4. The first-order valence-corrected chi connectivity index (χ1v) is 6.73. The number of hydrogen-bond donors (Lipinski definition) is 1. The molecule has 0 bridgehead atoms. The van der Waals surface area contributed by atoms with E-state index in [-0.39, 0.29) is 10.6 Å². The van der Waals surface area contributed by atoms with E-state index in [1.165, 1.54) is 11.8 Å². The number of para-hydroxylation sites is 1. The molecule has 0 aromatic heterocycles. The fraction of sp³-hybridized carbons (Fsp3) is 0.500. The molecule has 1 aromatic rings. The van der Waals surface area contributed by atoms with Gasteiger partial charge in [0.05, 0.1) is 9.82 Å². The summed E-state index contributed by atoms with van der Waals surface area (Å²) in [7, 11) is 0. The van der Waals surface area contributed by atoms with E-state index in [2.05, 4.69) is 19.2 Å². The fourth-order valence-corrected chi connectivity index (χ4v) is 2.41. The Morgan fingerprint density at radius 3 is 2.82 bits per heavy atom. The average molecular weight is 254 g/mol. The minimum Gasteiger partial charge on any atom is -0.313 e. The summed E-state index contributed by atoms with van der Waals surface area (Å²) < 4.78 is 0. The van der Waals surface area contributed by atoms with Crippen LogP contribution in [0.1, 0.15) is 20.3 Å². The zero-order valence-corrected chi connectivity index (χ0v) is 11.0. The molecule has 94 valence electrons. The molecule has 5 heteroatoms. The lowest BCUT2D eigenvalue weighted by Crippen LogP contribution is -2.28. The number of hydrogen-bond acceptors (Lipinski definition) is 4. The zero-order valence-electron chi connectivity index (χ0n) is 10.2. The molecule has 0 spiro atoms. The SMILES string of the molecule is CCCNC(C)CSc1ccccc1[N+](=O)[O-]. The Kier molecular flexibility index (Phi) is 6.00. The maximum Gasteiger partial charge on any atom is 0.282 e. The van der Waals surface area contributed by atoms with Crippen LogP contribution in [0, 0.1) is 10.1 Å². The highest BCUT2D eigenvalue weighted by Crippen LogP contribution is 2.28. The molecule has 0 fully saturated rings. The fourth-order valence-electron chi connectivity index (χ4n) is 1.39.